The Hall–Kier alpha value is -4.51. The van der Waals surface area contributed by atoms with Crippen molar-refractivity contribution in [2.24, 2.45) is 0 Å². The molecule has 0 amide bonds. The van der Waals surface area contributed by atoms with E-state index in [0.717, 1.165) is 44.5 Å². The van der Waals surface area contributed by atoms with Crippen molar-refractivity contribution in [2.45, 2.75) is 6.61 Å². The van der Waals surface area contributed by atoms with Gasteiger partial charge in [0, 0.05) is 29.4 Å². The first-order valence-corrected chi connectivity index (χ1v) is 10.8. The number of nitrogens with zero attached hydrogens (tertiary/aromatic N) is 4. The Morgan fingerprint density at radius 1 is 0.697 bits per heavy atom. The van der Waals surface area contributed by atoms with Gasteiger partial charge in [-0.1, -0.05) is 60.7 Å². The van der Waals surface area contributed by atoms with Crippen LogP contribution in [-0.2, 0) is 6.61 Å². The van der Waals surface area contributed by atoms with E-state index >= 15 is 0 Å². The molecule has 158 valence electrons. The Morgan fingerprint density at radius 2 is 1.55 bits per heavy atom. The Labute approximate surface area is 191 Å². The van der Waals surface area contributed by atoms with Crippen molar-refractivity contribution in [1.82, 2.24) is 19.6 Å². The number of hydrogen-bond acceptors (Lipinski definition) is 4. The van der Waals surface area contributed by atoms with Crippen LogP contribution in [-0.4, -0.2) is 19.6 Å². The molecule has 0 saturated carbocycles. The van der Waals surface area contributed by atoms with Crippen LogP contribution >= 0.6 is 0 Å². The van der Waals surface area contributed by atoms with Crippen molar-refractivity contribution in [3.05, 3.63) is 115 Å². The van der Waals surface area contributed by atoms with Gasteiger partial charge in [0.25, 0.3) is 0 Å². The molecule has 33 heavy (non-hydrogen) atoms. The van der Waals surface area contributed by atoms with Gasteiger partial charge in [-0.05, 0) is 41.5 Å². The van der Waals surface area contributed by atoms with Gasteiger partial charge in [-0.3, -0.25) is 9.97 Å². The fourth-order valence-corrected chi connectivity index (χ4v) is 4.15. The maximum Gasteiger partial charge on any atom is 0.215 e. The zero-order chi connectivity index (χ0) is 22.0. The van der Waals surface area contributed by atoms with E-state index in [9.17, 15) is 0 Å². The number of pyridine rings is 3. The molecule has 0 aliphatic carbocycles. The largest absolute Gasteiger partial charge is 0.473 e. The molecule has 0 unspecified atom stereocenters. The van der Waals surface area contributed by atoms with Crippen LogP contribution in [0, 0.1) is 0 Å². The number of fused-ring (bicyclic) bond motifs is 2. The van der Waals surface area contributed by atoms with Gasteiger partial charge in [0.05, 0.1) is 16.7 Å². The van der Waals surface area contributed by atoms with Crippen LogP contribution in [0.4, 0.5) is 0 Å². The molecule has 0 saturated heterocycles. The predicted molar refractivity (Wildman–Crippen MR) is 130 cm³/mol. The molecule has 0 radical (unpaired) electrons. The number of benzene rings is 2. The van der Waals surface area contributed by atoms with E-state index in [0.29, 0.717) is 12.5 Å². The van der Waals surface area contributed by atoms with Crippen LogP contribution in [0.1, 0.15) is 5.56 Å². The van der Waals surface area contributed by atoms with Gasteiger partial charge in [0.15, 0.2) is 0 Å². The number of ether oxygens (including phenoxy) is 1. The topological polar surface area (TPSA) is 52.3 Å². The van der Waals surface area contributed by atoms with E-state index in [4.69, 9.17) is 9.84 Å². The summed E-state index contributed by atoms with van der Waals surface area (Å²) in [4.78, 5) is 9.15. The van der Waals surface area contributed by atoms with Gasteiger partial charge >= 0.3 is 0 Å². The summed E-state index contributed by atoms with van der Waals surface area (Å²) in [6.07, 6.45) is 3.64. The van der Waals surface area contributed by atoms with Crippen LogP contribution in [0.2, 0.25) is 0 Å². The average Bonchev–Trinajstić information content (AvgIpc) is 3.28. The lowest BCUT2D eigenvalue weighted by Gasteiger charge is -2.09. The lowest BCUT2D eigenvalue weighted by molar-refractivity contribution is 0.286. The lowest BCUT2D eigenvalue weighted by atomic mass is 9.98. The molecule has 0 aliphatic rings. The second-order valence-corrected chi connectivity index (χ2v) is 7.75. The third kappa shape index (κ3) is 3.49. The van der Waals surface area contributed by atoms with E-state index in [2.05, 4.69) is 34.2 Å². The van der Waals surface area contributed by atoms with Gasteiger partial charge in [0.2, 0.25) is 5.88 Å². The van der Waals surface area contributed by atoms with Crippen LogP contribution in [0.25, 0.3) is 38.9 Å². The van der Waals surface area contributed by atoms with Crippen LogP contribution < -0.4 is 4.74 Å². The molecule has 4 aromatic heterocycles. The molecule has 6 rings (SSSR count). The molecule has 6 aromatic rings. The summed E-state index contributed by atoms with van der Waals surface area (Å²) in [5.41, 5.74) is 6.70. The molecule has 0 fully saturated rings. The van der Waals surface area contributed by atoms with Crippen LogP contribution in [0.5, 0.6) is 5.88 Å². The van der Waals surface area contributed by atoms with Crippen molar-refractivity contribution >= 4 is 16.4 Å². The van der Waals surface area contributed by atoms with E-state index in [1.54, 1.807) is 6.20 Å². The van der Waals surface area contributed by atoms with Crippen molar-refractivity contribution in [3.63, 3.8) is 0 Å². The molecule has 5 heteroatoms. The molecule has 2 aromatic carbocycles. The molecular formula is C28H20N4O. The quantitative estimate of drug-likeness (QED) is 0.328. The standard InChI is InChI=1S/C28H20N4O/c1-2-9-20(10-3-1)19-33-26-15-8-14-25-27(22-16-18-30-23-12-5-4-11-21(22)23)28(31-32(25)26)24-13-6-7-17-29-24/h1-18H,19H2. The maximum absolute atomic E-state index is 6.20. The molecule has 0 aliphatic heterocycles. The summed E-state index contributed by atoms with van der Waals surface area (Å²) in [5, 5.41) is 6.06. The molecule has 0 atom stereocenters. The highest BCUT2D eigenvalue weighted by Gasteiger charge is 2.21. The first-order valence-electron chi connectivity index (χ1n) is 10.8. The first kappa shape index (κ1) is 19.2. The number of hydrogen-bond donors (Lipinski definition) is 0. The molecule has 4 heterocycles. The second-order valence-electron chi connectivity index (χ2n) is 7.75. The SMILES string of the molecule is c1ccc(COc2cccc3c(-c4ccnc5ccccc45)c(-c4ccccn4)nn23)cc1. The summed E-state index contributed by atoms with van der Waals surface area (Å²) in [6.45, 7) is 0.465. The van der Waals surface area contributed by atoms with Crippen LogP contribution in [0.3, 0.4) is 0 Å². The third-order valence-corrected chi connectivity index (χ3v) is 5.68. The smallest absolute Gasteiger partial charge is 0.215 e. The Balaban J connectivity index is 1.57. The first-order chi connectivity index (χ1) is 16.4. The summed E-state index contributed by atoms with van der Waals surface area (Å²) < 4.78 is 8.07. The zero-order valence-electron chi connectivity index (χ0n) is 17.8. The third-order valence-electron chi connectivity index (χ3n) is 5.68. The average molecular weight is 428 g/mol. The van der Waals surface area contributed by atoms with E-state index in [1.807, 2.05) is 83.5 Å². The van der Waals surface area contributed by atoms with Gasteiger partial charge in [-0.15, -0.1) is 0 Å². The number of rotatable bonds is 5. The molecule has 0 N–H and O–H groups in total. The number of aromatic nitrogens is 4. The second kappa shape index (κ2) is 8.20. The minimum atomic E-state index is 0.465. The van der Waals surface area contributed by atoms with Gasteiger partial charge in [-0.2, -0.15) is 9.61 Å². The molecule has 0 spiro atoms. The summed E-state index contributed by atoms with van der Waals surface area (Å²) in [5.74, 6) is 0.679. The van der Waals surface area contributed by atoms with Gasteiger partial charge < -0.3 is 4.74 Å². The monoisotopic (exact) mass is 428 g/mol. The normalized spacial score (nSPS) is 11.2. The van der Waals surface area contributed by atoms with E-state index in [1.165, 1.54) is 0 Å². The van der Waals surface area contributed by atoms with Gasteiger partial charge in [0.1, 0.15) is 12.3 Å². The number of para-hydroxylation sites is 1. The van der Waals surface area contributed by atoms with Crippen molar-refractivity contribution in [1.29, 1.82) is 0 Å². The fraction of sp³-hybridized carbons (Fsp3) is 0.0357. The molecule has 5 nitrogen and oxygen atoms in total. The Morgan fingerprint density at radius 3 is 2.42 bits per heavy atom. The predicted octanol–water partition coefficient (Wildman–Crippen LogP) is 6.19. The molecule has 0 bridgehead atoms. The summed E-state index contributed by atoms with van der Waals surface area (Å²) in [6, 6.07) is 32.2. The zero-order valence-corrected chi connectivity index (χ0v) is 17.8. The Bertz CT molecular complexity index is 1550. The maximum atomic E-state index is 6.20. The lowest BCUT2D eigenvalue weighted by Crippen LogP contribution is -2.01. The summed E-state index contributed by atoms with van der Waals surface area (Å²) >= 11 is 0. The summed E-state index contributed by atoms with van der Waals surface area (Å²) in [7, 11) is 0. The highest BCUT2D eigenvalue weighted by Crippen LogP contribution is 2.38. The fourth-order valence-electron chi connectivity index (χ4n) is 4.15. The van der Waals surface area contributed by atoms with Crippen molar-refractivity contribution in [3.8, 4) is 28.4 Å². The van der Waals surface area contributed by atoms with Crippen molar-refractivity contribution in [2.75, 3.05) is 0 Å². The van der Waals surface area contributed by atoms with Crippen molar-refractivity contribution < 1.29 is 4.74 Å². The Kier molecular flexibility index (Phi) is 4.77. The van der Waals surface area contributed by atoms with Gasteiger partial charge in [-0.25, -0.2) is 0 Å². The molecular weight excluding hydrogens is 408 g/mol. The van der Waals surface area contributed by atoms with E-state index < -0.39 is 0 Å². The minimum Gasteiger partial charge on any atom is -0.473 e. The van der Waals surface area contributed by atoms with E-state index in [-0.39, 0.29) is 0 Å². The highest BCUT2D eigenvalue weighted by molar-refractivity contribution is 6.03. The minimum absolute atomic E-state index is 0.465. The van der Waals surface area contributed by atoms with Crippen LogP contribution in [0.15, 0.2) is 109 Å². The highest BCUT2D eigenvalue weighted by atomic mass is 16.5.